The van der Waals surface area contributed by atoms with Gasteiger partial charge in [0.05, 0.1) is 30.0 Å². The Hall–Kier alpha value is -3.91. The van der Waals surface area contributed by atoms with Gasteiger partial charge in [0.2, 0.25) is 0 Å². The van der Waals surface area contributed by atoms with Gasteiger partial charge in [0.25, 0.3) is 5.91 Å². The molecule has 0 unspecified atom stereocenters. The maximum atomic E-state index is 13.3. The lowest BCUT2D eigenvalue weighted by Crippen LogP contribution is -2.11. The monoisotopic (exact) mass is 461 g/mol. The predicted molar refractivity (Wildman–Crippen MR) is 129 cm³/mol. The zero-order chi connectivity index (χ0) is 23.4. The van der Waals surface area contributed by atoms with Crippen LogP contribution in [-0.2, 0) is 4.74 Å². The van der Waals surface area contributed by atoms with Gasteiger partial charge in [-0.3, -0.25) is 4.79 Å². The fraction of sp³-hybridized carbons (Fsp3) is 0.160. The maximum absolute atomic E-state index is 13.3. The summed E-state index contributed by atoms with van der Waals surface area (Å²) < 4.78 is 12.0. The molecule has 0 radical (unpaired) electrons. The Morgan fingerprint density at radius 2 is 1.82 bits per heavy atom. The summed E-state index contributed by atoms with van der Waals surface area (Å²) in [6, 6.07) is 18.7. The van der Waals surface area contributed by atoms with Crippen LogP contribution in [0.15, 0.2) is 66.9 Å². The zero-order valence-corrected chi connectivity index (χ0v) is 19.3. The van der Waals surface area contributed by atoms with Crippen molar-refractivity contribution in [2.75, 3.05) is 19.0 Å². The Morgan fingerprint density at radius 3 is 2.48 bits per heavy atom. The number of benzene rings is 2. The highest BCUT2D eigenvalue weighted by Crippen LogP contribution is 2.30. The summed E-state index contributed by atoms with van der Waals surface area (Å²) in [7, 11) is 1.60. The van der Waals surface area contributed by atoms with Gasteiger partial charge in [-0.05, 0) is 61.9 Å². The van der Waals surface area contributed by atoms with Crippen LogP contribution in [0, 0.1) is 6.92 Å². The standard InChI is InChI=1S/C25H23N3O4S/c1-4-32-25(30)23-16(2)14-21(33-23)26-24(29)20-15-28(18-8-6-5-7-9-18)27-22(20)17-10-12-19(31-3)13-11-17/h5-15H,4H2,1-3H3,(H,26,29). The summed E-state index contributed by atoms with van der Waals surface area (Å²) in [4.78, 5) is 25.9. The van der Waals surface area contributed by atoms with E-state index in [1.54, 1.807) is 31.0 Å². The van der Waals surface area contributed by atoms with Gasteiger partial charge in [-0.2, -0.15) is 5.10 Å². The molecule has 1 amide bonds. The number of thiophene rings is 1. The lowest BCUT2D eigenvalue weighted by Gasteiger charge is -2.05. The molecule has 0 spiro atoms. The molecule has 4 rings (SSSR count). The van der Waals surface area contributed by atoms with Gasteiger partial charge in [0, 0.05) is 11.8 Å². The molecule has 0 atom stereocenters. The highest BCUT2D eigenvalue weighted by Gasteiger charge is 2.21. The minimum Gasteiger partial charge on any atom is -0.497 e. The highest BCUT2D eigenvalue weighted by molar-refractivity contribution is 7.18. The van der Waals surface area contributed by atoms with Crippen LogP contribution >= 0.6 is 11.3 Å². The molecule has 0 aliphatic carbocycles. The molecule has 4 aromatic rings. The summed E-state index contributed by atoms with van der Waals surface area (Å²) in [5, 5.41) is 8.16. The number of nitrogens with one attached hydrogen (secondary N) is 1. The molecule has 0 aliphatic rings. The summed E-state index contributed by atoms with van der Waals surface area (Å²) in [6.07, 6.45) is 1.71. The number of esters is 1. The van der Waals surface area contributed by atoms with E-state index in [1.165, 1.54) is 11.3 Å². The van der Waals surface area contributed by atoms with Gasteiger partial charge in [-0.25, -0.2) is 9.48 Å². The maximum Gasteiger partial charge on any atom is 0.348 e. The topological polar surface area (TPSA) is 82.5 Å². The Balaban J connectivity index is 1.69. The fourth-order valence-electron chi connectivity index (χ4n) is 3.34. The lowest BCUT2D eigenvalue weighted by molar-refractivity contribution is 0.0531. The number of aryl methyl sites for hydroxylation is 1. The molecule has 33 heavy (non-hydrogen) atoms. The van der Waals surface area contributed by atoms with E-state index in [9.17, 15) is 9.59 Å². The first-order chi connectivity index (χ1) is 16.0. The van der Waals surface area contributed by atoms with Crippen molar-refractivity contribution in [1.82, 2.24) is 9.78 Å². The molecular formula is C25H23N3O4S. The minimum atomic E-state index is -0.392. The normalized spacial score (nSPS) is 10.6. The number of para-hydroxylation sites is 1. The number of carbonyl (C=O) groups excluding carboxylic acids is 2. The predicted octanol–water partition coefficient (Wildman–Crippen LogP) is 5.35. The molecule has 0 aliphatic heterocycles. The van der Waals surface area contributed by atoms with E-state index < -0.39 is 5.97 Å². The first kappa shape index (κ1) is 22.3. The average molecular weight is 462 g/mol. The molecule has 0 bridgehead atoms. The summed E-state index contributed by atoms with van der Waals surface area (Å²) in [5.74, 6) is 0.00350. The SMILES string of the molecule is CCOC(=O)c1sc(NC(=O)c2cn(-c3ccccc3)nc2-c2ccc(OC)cc2)cc1C. The molecule has 0 saturated carbocycles. The molecule has 7 nitrogen and oxygen atoms in total. The minimum absolute atomic E-state index is 0.293. The van der Waals surface area contributed by atoms with Crippen molar-refractivity contribution in [2.45, 2.75) is 13.8 Å². The average Bonchev–Trinajstić information content (AvgIpc) is 3.44. The second-order valence-electron chi connectivity index (χ2n) is 7.20. The van der Waals surface area contributed by atoms with Gasteiger partial charge < -0.3 is 14.8 Å². The van der Waals surface area contributed by atoms with Crippen LogP contribution < -0.4 is 10.1 Å². The van der Waals surface area contributed by atoms with Crippen LogP contribution in [-0.4, -0.2) is 35.4 Å². The van der Waals surface area contributed by atoms with E-state index in [0.29, 0.717) is 33.5 Å². The third-order valence-corrected chi connectivity index (χ3v) is 6.09. The quantitative estimate of drug-likeness (QED) is 0.375. The zero-order valence-electron chi connectivity index (χ0n) is 18.5. The van der Waals surface area contributed by atoms with Gasteiger partial charge in [0.1, 0.15) is 16.3 Å². The van der Waals surface area contributed by atoms with E-state index in [2.05, 4.69) is 10.4 Å². The van der Waals surface area contributed by atoms with Crippen LogP contribution in [0.4, 0.5) is 5.00 Å². The first-order valence-electron chi connectivity index (χ1n) is 10.4. The molecule has 2 aromatic heterocycles. The second-order valence-corrected chi connectivity index (χ2v) is 8.25. The van der Waals surface area contributed by atoms with Crippen LogP contribution in [0.1, 0.15) is 32.5 Å². The number of anilines is 1. The number of rotatable bonds is 7. The second kappa shape index (κ2) is 9.70. The largest absolute Gasteiger partial charge is 0.497 e. The van der Waals surface area contributed by atoms with Crippen LogP contribution in [0.2, 0.25) is 0 Å². The van der Waals surface area contributed by atoms with Gasteiger partial charge >= 0.3 is 5.97 Å². The van der Waals surface area contributed by atoms with E-state index in [4.69, 9.17) is 9.47 Å². The highest BCUT2D eigenvalue weighted by atomic mass is 32.1. The van der Waals surface area contributed by atoms with Gasteiger partial charge in [0.15, 0.2) is 0 Å². The Kier molecular flexibility index (Phi) is 6.55. The Bertz CT molecular complexity index is 1280. The number of amides is 1. The van der Waals surface area contributed by atoms with Gasteiger partial charge in [-0.1, -0.05) is 18.2 Å². The summed E-state index contributed by atoms with van der Waals surface area (Å²) in [6.45, 7) is 3.87. The number of aromatic nitrogens is 2. The van der Waals surface area contributed by atoms with Crippen LogP contribution in [0.25, 0.3) is 16.9 Å². The first-order valence-corrected chi connectivity index (χ1v) is 11.2. The third-order valence-electron chi connectivity index (χ3n) is 4.96. The number of hydrogen-bond donors (Lipinski definition) is 1. The molecule has 1 N–H and O–H groups in total. The van der Waals surface area contributed by atoms with Crippen molar-refractivity contribution in [2.24, 2.45) is 0 Å². The van der Waals surface area contributed by atoms with Crippen molar-refractivity contribution in [3.63, 3.8) is 0 Å². The van der Waals surface area contributed by atoms with E-state index in [1.807, 2.05) is 61.5 Å². The van der Waals surface area contributed by atoms with Crippen LogP contribution in [0.5, 0.6) is 5.75 Å². The number of carbonyl (C=O) groups is 2. The Labute approximate surface area is 195 Å². The molecule has 2 heterocycles. The summed E-state index contributed by atoms with van der Waals surface area (Å²) >= 11 is 1.19. The molecule has 2 aromatic carbocycles. The van der Waals surface area contributed by atoms with Crippen molar-refractivity contribution >= 4 is 28.2 Å². The van der Waals surface area contributed by atoms with E-state index in [-0.39, 0.29) is 5.91 Å². The number of methoxy groups -OCH3 is 1. The molecule has 0 fully saturated rings. The number of nitrogens with zero attached hydrogens (tertiary/aromatic N) is 2. The molecular weight excluding hydrogens is 438 g/mol. The van der Waals surface area contributed by atoms with Crippen LogP contribution in [0.3, 0.4) is 0 Å². The van der Waals surface area contributed by atoms with Crippen molar-refractivity contribution in [3.8, 4) is 22.7 Å². The van der Waals surface area contributed by atoms with E-state index >= 15 is 0 Å². The lowest BCUT2D eigenvalue weighted by atomic mass is 10.1. The van der Waals surface area contributed by atoms with E-state index in [0.717, 1.165) is 16.8 Å². The smallest absolute Gasteiger partial charge is 0.348 e. The third kappa shape index (κ3) is 4.80. The van der Waals surface area contributed by atoms with Crippen molar-refractivity contribution < 1.29 is 19.1 Å². The van der Waals surface area contributed by atoms with Gasteiger partial charge in [-0.15, -0.1) is 11.3 Å². The molecule has 8 heteroatoms. The van der Waals surface area contributed by atoms with Crippen molar-refractivity contribution in [3.05, 3.63) is 82.9 Å². The number of hydrogen-bond acceptors (Lipinski definition) is 6. The van der Waals surface area contributed by atoms with Crippen molar-refractivity contribution in [1.29, 1.82) is 0 Å². The Morgan fingerprint density at radius 1 is 1.09 bits per heavy atom. The molecule has 0 saturated heterocycles. The number of ether oxygens (including phenoxy) is 2. The molecule has 168 valence electrons. The fourth-order valence-corrected chi connectivity index (χ4v) is 4.30. The summed E-state index contributed by atoms with van der Waals surface area (Å²) in [5.41, 5.74) is 3.32.